The van der Waals surface area contributed by atoms with Crippen molar-refractivity contribution >= 4 is 59.9 Å². The maximum absolute atomic E-state index is 13.5. The second-order valence-corrected chi connectivity index (χ2v) is 17.4. The monoisotopic (exact) mass is 1010 g/mol. The number of aliphatic carboxylic acids is 4. The molecule has 0 aliphatic carbocycles. The SMILES string of the molecule is O=CC(CCCCNC(=O)CCCCCCC(=O)NCCCCC(NC(=O)CN1CCNCCN(CC(=O)O)CCN(CC(=O)O)CC1)C(=O)OCc1ccccc1)NC(=O)NC(CCC(=O)O)C(=O)O. The number of nitrogens with one attached hydrogen (secondary N) is 6. The van der Waals surface area contributed by atoms with Crippen LogP contribution in [0.5, 0.6) is 0 Å². The minimum Gasteiger partial charge on any atom is -0.481 e. The summed E-state index contributed by atoms with van der Waals surface area (Å²) in [6, 6.07) is 4.96. The third-order valence-corrected chi connectivity index (χ3v) is 11.4. The highest BCUT2D eigenvalue weighted by Gasteiger charge is 2.25. The van der Waals surface area contributed by atoms with Gasteiger partial charge in [-0.15, -0.1) is 0 Å². The average Bonchev–Trinajstić information content (AvgIpc) is 3.31. The van der Waals surface area contributed by atoms with E-state index in [1.54, 1.807) is 9.80 Å². The first-order valence-corrected chi connectivity index (χ1v) is 24.4. The first kappa shape index (κ1) is 60.9. The lowest BCUT2D eigenvalue weighted by Crippen LogP contribution is -2.50. The molecule has 1 aromatic rings. The molecule has 1 fully saturated rings. The molecule has 0 radical (unpaired) electrons. The van der Waals surface area contributed by atoms with E-state index in [1.165, 1.54) is 0 Å². The van der Waals surface area contributed by atoms with E-state index in [0.717, 1.165) is 18.4 Å². The van der Waals surface area contributed by atoms with Gasteiger partial charge in [-0.2, -0.15) is 0 Å². The molecule has 0 bridgehead atoms. The highest BCUT2D eigenvalue weighted by Crippen LogP contribution is 2.10. The van der Waals surface area contributed by atoms with Gasteiger partial charge in [0.1, 0.15) is 25.0 Å². The van der Waals surface area contributed by atoms with Gasteiger partial charge in [0.05, 0.1) is 25.7 Å². The van der Waals surface area contributed by atoms with Crippen LogP contribution in [0.15, 0.2) is 30.3 Å². The summed E-state index contributed by atoms with van der Waals surface area (Å²) in [6.07, 6.45) is 5.67. The number of ether oxygens (including phenoxy) is 1. The Labute approximate surface area is 414 Å². The van der Waals surface area contributed by atoms with Crippen molar-refractivity contribution in [3.8, 4) is 0 Å². The Morgan fingerprint density at radius 3 is 1.62 bits per heavy atom. The van der Waals surface area contributed by atoms with Crippen LogP contribution in [0.3, 0.4) is 0 Å². The van der Waals surface area contributed by atoms with Crippen molar-refractivity contribution in [1.29, 1.82) is 0 Å². The van der Waals surface area contributed by atoms with E-state index in [4.69, 9.17) is 9.84 Å². The van der Waals surface area contributed by atoms with Gasteiger partial charge in [-0.25, -0.2) is 14.4 Å². The number of hydrogen-bond donors (Lipinski definition) is 10. The Morgan fingerprint density at radius 2 is 1.10 bits per heavy atom. The molecule has 24 nitrogen and oxygen atoms in total. The lowest BCUT2D eigenvalue weighted by Gasteiger charge is -2.30. The Hall–Kier alpha value is -6.24. The summed E-state index contributed by atoms with van der Waals surface area (Å²) in [5.74, 6) is -5.85. The number of unbranched alkanes of at least 4 members (excludes halogenated alkanes) is 5. The van der Waals surface area contributed by atoms with Crippen molar-refractivity contribution in [3.05, 3.63) is 35.9 Å². The molecule has 0 spiro atoms. The number of carbonyl (C=O) groups is 10. The molecule has 3 unspecified atom stereocenters. The zero-order valence-electron chi connectivity index (χ0n) is 40.6. The average molecular weight is 1010 g/mol. The summed E-state index contributed by atoms with van der Waals surface area (Å²) in [6.45, 7) is 3.52. The number of hydrogen-bond acceptors (Lipinski definition) is 15. The van der Waals surface area contributed by atoms with Crippen LogP contribution in [0.2, 0.25) is 0 Å². The van der Waals surface area contributed by atoms with Gasteiger partial charge in [0.25, 0.3) is 0 Å². The van der Waals surface area contributed by atoms with Crippen molar-refractivity contribution < 1.29 is 73.1 Å². The maximum Gasteiger partial charge on any atom is 0.328 e. The molecule has 1 aliphatic rings. The van der Waals surface area contributed by atoms with Crippen LogP contribution in [0.1, 0.15) is 95.5 Å². The van der Waals surface area contributed by atoms with Gasteiger partial charge < -0.3 is 61.9 Å². The van der Waals surface area contributed by atoms with Gasteiger partial charge in [-0.05, 0) is 63.4 Å². The third-order valence-electron chi connectivity index (χ3n) is 11.4. The van der Waals surface area contributed by atoms with Crippen molar-refractivity contribution in [1.82, 2.24) is 46.6 Å². The molecule has 0 saturated carbocycles. The number of esters is 1. The quantitative estimate of drug-likeness (QED) is 0.0247. The molecule has 24 heteroatoms. The standard InChI is InChI=1S/C47H75N9O15/c57-33-36(51-47(70)53-37(45(67)68)18-19-42(61)62)14-8-10-20-49-39(58)16-6-1-2-7-17-40(59)50-21-11-9-15-38(46(69)71-34-35-12-4-3-5-13-35)52-41(60)30-54-24-22-48-23-25-55(31-43(63)64)27-29-56(28-26-54)32-44(65)66/h3-5,12-13,33,36-38,48H,1-2,6-11,14-32,34H2,(H,49,58)(H,50,59)(H,52,60)(H,61,62)(H,63,64)(H,65,66)(H,67,68)(H2,51,53,70). The summed E-state index contributed by atoms with van der Waals surface area (Å²) < 4.78 is 5.59. The highest BCUT2D eigenvalue weighted by atomic mass is 16.5. The van der Waals surface area contributed by atoms with Gasteiger partial charge in [-0.3, -0.25) is 43.5 Å². The van der Waals surface area contributed by atoms with Gasteiger partial charge in [0.15, 0.2) is 0 Å². The van der Waals surface area contributed by atoms with E-state index in [2.05, 4.69) is 31.9 Å². The Morgan fingerprint density at radius 1 is 0.563 bits per heavy atom. The molecule has 1 saturated heterocycles. The van der Waals surface area contributed by atoms with Crippen LogP contribution in [0.4, 0.5) is 4.79 Å². The van der Waals surface area contributed by atoms with Gasteiger partial charge in [0, 0.05) is 84.7 Å². The predicted molar refractivity (Wildman–Crippen MR) is 257 cm³/mol. The molecule has 71 heavy (non-hydrogen) atoms. The first-order chi connectivity index (χ1) is 34.0. The number of carboxylic acid groups (broad SMARTS) is 4. The van der Waals surface area contributed by atoms with E-state index in [1.807, 2.05) is 35.2 Å². The van der Waals surface area contributed by atoms with Crippen molar-refractivity contribution in [2.24, 2.45) is 0 Å². The second-order valence-electron chi connectivity index (χ2n) is 17.4. The molecule has 1 heterocycles. The summed E-state index contributed by atoms with van der Waals surface area (Å²) in [7, 11) is 0. The van der Waals surface area contributed by atoms with Crippen molar-refractivity contribution in [2.75, 3.05) is 85.1 Å². The fourth-order valence-electron chi connectivity index (χ4n) is 7.47. The molecule has 0 aromatic heterocycles. The smallest absolute Gasteiger partial charge is 0.328 e. The number of benzene rings is 1. The predicted octanol–water partition coefficient (Wildman–Crippen LogP) is -0.00870. The largest absolute Gasteiger partial charge is 0.481 e. The van der Waals surface area contributed by atoms with Gasteiger partial charge in [-0.1, -0.05) is 43.2 Å². The summed E-state index contributed by atoms with van der Waals surface area (Å²) in [5, 5.41) is 53.1. The van der Waals surface area contributed by atoms with Gasteiger partial charge in [0.2, 0.25) is 17.7 Å². The zero-order chi connectivity index (χ0) is 52.2. The van der Waals surface area contributed by atoms with Crippen LogP contribution >= 0.6 is 0 Å². The first-order valence-electron chi connectivity index (χ1n) is 24.4. The van der Waals surface area contributed by atoms with Crippen LogP contribution in [0, 0.1) is 0 Å². The maximum atomic E-state index is 13.5. The molecule has 10 N–H and O–H groups in total. The van der Waals surface area contributed by atoms with Gasteiger partial charge >= 0.3 is 35.9 Å². The second kappa shape index (κ2) is 36.7. The highest BCUT2D eigenvalue weighted by molar-refractivity contribution is 5.86. The fourth-order valence-corrected chi connectivity index (χ4v) is 7.47. The topological polar surface area (TPSA) is 343 Å². The molecule has 2 rings (SSSR count). The Kier molecular flexibility index (Phi) is 31.4. The number of carbonyl (C=O) groups excluding carboxylic acids is 6. The number of urea groups is 1. The van der Waals surface area contributed by atoms with Crippen LogP contribution in [-0.2, 0) is 54.5 Å². The van der Waals surface area contributed by atoms with E-state index in [0.29, 0.717) is 123 Å². The van der Waals surface area contributed by atoms with E-state index < -0.39 is 66.3 Å². The van der Waals surface area contributed by atoms with E-state index >= 15 is 0 Å². The number of nitrogens with zero attached hydrogens (tertiary/aromatic N) is 3. The van der Waals surface area contributed by atoms with Crippen LogP contribution in [-0.4, -0.2) is 198 Å². The lowest BCUT2D eigenvalue weighted by molar-refractivity contribution is -0.149. The number of aldehydes is 1. The van der Waals surface area contributed by atoms with Crippen molar-refractivity contribution in [2.45, 2.75) is 115 Å². The molecular weight excluding hydrogens is 931 g/mol. The zero-order valence-corrected chi connectivity index (χ0v) is 40.6. The number of rotatable bonds is 34. The summed E-state index contributed by atoms with van der Waals surface area (Å²) >= 11 is 0. The minimum absolute atomic E-state index is 0.0224. The molecule has 1 aromatic carbocycles. The van der Waals surface area contributed by atoms with E-state index in [-0.39, 0.29) is 57.3 Å². The van der Waals surface area contributed by atoms with Crippen molar-refractivity contribution in [3.63, 3.8) is 0 Å². The molecule has 5 amide bonds. The number of carboxylic acids is 4. The Balaban J connectivity index is 1.71. The number of amides is 5. The lowest BCUT2D eigenvalue weighted by atomic mass is 10.1. The third kappa shape index (κ3) is 30.9. The van der Waals surface area contributed by atoms with Crippen LogP contribution < -0.4 is 31.9 Å². The minimum atomic E-state index is -1.42. The molecular formula is C47H75N9O15. The van der Waals surface area contributed by atoms with Crippen LogP contribution in [0.25, 0.3) is 0 Å². The summed E-state index contributed by atoms with van der Waals surface area (Å²) in [4.78, 5) is 125. The molecule has 3 atom stereocenters. The molecule has 1 aliphatic heterocycles. The Bertz CT molecular complexity index is 1830. The fraction of sp³-hybridized carbons (Fsp3) is 0.660. The van der Waals surface area contributed by atoms with E-state index in [9.17, 15) is 63.3 Å². The summed E-state index contributed by atoms with van der Waals surface area (Å²) in [5.41, 5.74) is 0.784. The normalized spacial score (nSPS) is 15.3. The molecule has 398 valence electrons.